The third-order valence-corrected chi connectivity index (χ3v) is 1.86. The Hall–Kier alpha value is -1.15. The summed E-state index contributed by atoms with van der Waals surface area (Å²) >= 11 is 0. The molecule has 2 heteroatoms. The molecule has 0 atom stereocenters. The van der Waals surface area contributed by atoms with Crippen LogP contribution in [0.3, 0.4) is 0 Å². The fourth-order valence-corrected chi connectivity index (χ4v) is 1.03. The van der Waals surface area contributed by atoms with Crippen LogP contribution in [0.15, 0.2) is 23.8 Å². The van der Waals surface area contributed by atoms with Crippen molar-refractivity contribution in [3.05, 3.63) is 40.7 Å². The molecule has 0 aliphatic carbocycles. The molecule has 1 N–H and O–H groups in total. The Bertz CT molecular complexity index is 329. The number of aliphatic hydroxyl groups excluding tert-OH is 1. The highest BCUT2D eigenvalue weighted by Gasteiger charge is 1.97. The molecule has 0 saturated heterocycles. The second kappa shape index (κ2) is 4.19. The maximum absolute atomic E-state index is 13.0. The molecule has 13 heavy (non-hydrogen) atoms. The van der Waals surface area contributed by atoms with Gasteiger partial charge in [0.15, 0.2) is 0 Å². The van der Waals surface area contributed by atoms with Crippen molar-refractivity contribution < 1.29 is 9.50 Å². The molecule has 1 nitrogen and oxygen atoms in total. The van der Waals surface area contributed by atoms with Gasteiger partial charge in [-0.05, 0) is 36.6 Å². The first kappa shape index (κ1) is 9.93. The second-order valence-corrected chi connectivity index (χ2v) is 3.16. The van der Waals surface area contributed by atoms with Crippen molar-refractivity contribution >= 4 is 6.08 Å². The van der Waals surface area contributed by atoms with E-state index >= 15 is 0 Å². The van der Waals surface area contributed by atoms with Crippen LogP contribution < -0.4 is 0 Å². The van der Waals surface area contributed by atoms with Gasteiger partial charge in [-0.3, -0.25) is 0 Å². The van der Waals surface area contributed by atoms with Crippen LogP contribution in [0.4, 0.5) is 4.39 Å². The Morgan fingerprint density at radius 1 is 1.54 bits per heavy atom. The molecule has 0 aromatic heterocycles. The molecular formula is C11H13FO. The monoisotopic (exact) mass is 180 g/mol. The summed E-state index contributed by atoms with van der Waals surface area (Å²) in [7, 11) is 0. The van der Waals surface area contributed by atoms with Gasteiger partial charge in [-0.25, -0.2) is 4.39 Å². The summed E-state index contributed by atoms with van der Waals surface area (Å²) in [5.41, 5.74) is 2.25. The zero-order valence-corrected chi connectivity index (χ0v) is 7.84. The van der Waals surface area contributed by atoms with Crippen molar-refractivity contribution in [2.24, 2.45) is 0 Å². The summed E-state index contributed by atoms with van der Waals surface area (Å²) in [6, 6.07) is 5.03. The van der Waals surface area contributed by atoms with Crippen LogP contribution in [-0.2, 0) is 0 Å². The molecule has 0 radical (unpaired) electrons. The van der Waals surface area contributed by atoms with Crippen molar-refractivity contribution in [2.75, 3.05) is 6.61 Å². The van der Waals surface area contributed by atoms with E-state index in [1.54, 1.807) is 26.0 Å². The van der Waals surface area contributed by atoms with Crippen molar-refractivity contribution in [2.45, 2.75) is 13.8 Å². The van der Waals surface area contributed by atoms with E-state index in [-0.39, 0.29) is 12.4 Å². The summed E-state index contributed by atoms with van der Waals surface area (Å²) in [6.07, 6.45) is 1.77. The fourth-order valence-electron chi connectivity index (χ4n) is 1.03. The van der Waals surface area contributed by atoms with E-state index in [0.29, 0.717) is 5.56 Å². The highest BCUT2D eigenvalue weighted by Crippen LogP contribution is 2.12. The van der Waals surface area contributed by atoms with E-state index in [1.165, 1.54) is 6.07 Å². The lowest BCUT2D eigenvalue weighted by atomic mass is 10.1. The molecule has 1 aromatic carbocycles. The minimum Gasteiger partial charge on any atom is -0.392 e. The lowest BCUT2D eigenvalue weighted by molar-refractivity contribution is 0.332. The molecule has 0 fully saturated rings. The Morgan fingerprint density at radius 3 is 2.77 bits per heavy atom. The first-order chi connectivity index (χ1) is 6.13. The third-order valence-electron chi connectivity index (χ3n) is 1.86. The van der Waals surface area contributed by atoms with E-state index in [2.05, 4.69) is 0 Å². The smallest absolute Gasteiger partial charge is 0.126 e. The van der Waals surface area contributed by atoms with Crippen LogP contribution in [-0.4, -0.2) is 11.7 Å². The minimum atomic E-state index is -0.209. The first-order valence-corrected chi connectivity index (χ1v) is 4.17. The molecule has 0 aliphatic rings. The molecule has 0 amide bonds. The van der Waals surface area contributed by atoms with Crippen molar-refractivity contribution in [1.82, 2.24) is 0 Å². The molecular weight excluding hydrogens is 167 g/mol. The quantitative estimate of drug-likeness (QED) is 0.741. The van der Waals surface area contributed by atoms with Gasteiger partial charge in [0.2, 0.25) is 0 Å². The topological polar surface area (TPSA) is 20.2 Å². The van der Waals surface area contributed by atoms with Crippen molar-refractivity contribution in [3.63, 3.8) is 0 Å². The summed E-state index contributed by atoms with van der Waals surface area (Å²) in [6.45, 7) is 3.54. The Labute approximate surface area is 77.5 Å². The Morgan fingerprint density at radius 2 is 2.23 bits per heavy atom. The van der Waals surface area contributed by atoms with Crippen LogP contribution >= 0.6 is 0 Å². The molecule has 0 heterocycles. The fraction of sp³-hybridized carbons (Fsp3) is 0.273. The standard InChI is InChI=1S/C11H13FO/c1-8(7-13)5-10-4-3-9(2)11(12)6-10/h3-6,13H,7H2,1-2H3/b8-5-. The van der Waals surface area contributed by atoms with Gasteiger partial charge in [-0.2, -0.15) is 0 Å². The predicted octanol–water partition coefficient (Wildman–Crippen LogP) is 2.53. The molecule has 0 unspecified atom stereocenters. The summed E-state index contributed by atoms with van der Waals surface area (Å²) in [4.78, 5) is 0. The van der Waals surface area contributed by atoms with E-state index in [1.807, 2.05) is 6.07 Å². The predicted molar refractivity (Wildman–Crippen MR) is 51.9 cm³/mol. The summed E-state index contributed by atoms with van der Waals surface area (Å²) in [5, 5.41) is 8.76. The molecule has 1 aromatic rings. The van der Waals surface area contributed by atoms with Gasteiger partial charge in [-0.15, -0.1) is 0 Å². The highest BCUT2D eigenvalue weighted by atomic mass is 19.1. The number of hydrogen-bond donors (Lipinski definition) is 1. The third kappa shape index (κ3) is 2.67. The maximum atomic E-state index is 13.0. The normalized spacial score (nSPS) is 11.8. The SMILES string of the molecule is C/C(=C/c1ccc(C)c(F)c1)CO. The highest BCUT2D eigenvalue weighted by molar-refractivity contribution is 5.53. The number of rotatable bonds is 2. The Kier molecular flexibility index (Phi) is 3.20. The number of aryl methyl sites for hydroxylation is 1. The minimum absolute atomic E-state index is 0.00942. The van der Waals surface area contributed by atoms with Gasteiger partial charge in [-0.1, -0.05) is 18.2 Å². The Balaban J connectivity index is 2.98. The van der Waals surface area contributed by atoms with Gasteiger partial charge >= 0.3 is 0 Å². The van der Waals surface area contributed by atoms with Crippen molar-refractivity contribution in [3.8, 4) is 0 Å². The van der Waals surface area contributed by atoms with E-state index in [9.17, 15) is 4.39 Å². The van der Waals surface area contributed by atoms with Crippen molar-refractivity contribution in [1.29, 1.82) is 0 Å². The van der Waals surface area contributed by atoms with Crippen LogP contribution in [0.5, 0.6) is 0 Å². The summed E-state index contributed by atoms with van der Waals surface area (Å²) < 4.78 is 13.0. The van der Waals surface area contributed by atoms with Gasteiger partial charge in [0.1, 0.15) is 5.82 Å². The van der Waals surface area contributed by atoms with E-state index < -0.39 is 0 Å². The molecule has 0 saturated carbocycles. The average Bonchev–Trinajstić information content (AvgIpc) is 2.11. The van der Waals surface area contributed by atoms with Gasteiger partial charge in [0.05, 0.1) is 6.61 Å². The van der Waals surface area contributed by atoms with Crippen LogP contribution in [0.25, 0.3) is 6.08 Å². The number of hydrogen-bond acceptors (Lipinski definition) is 1. The van der Waals surface area contributed by atoms with Crippen LogP contribution in [0, 0.1) is 12.7 Å². The molecule has 0 aliphatic heterocycles. The number of benzene rings is 1. The van der Waals surface area contributed by atoms with Gasteiger partial charge in [0.25, 0.3) is 0 Å². The zero-order chi connectivity index (χ0) is 9.84. The summed E-state index contributed by atoms with van der Waals surface area (Å²) in [5.74, 6) is -0.209. The molecule has 70 valence electrons. The molecule has 0 bridgehead atoms. The lowest BCUT2D eigenvalue weighted by Gasteiger charge is -1.99. The number of aliphatic hydroxyl groups is 1. The molecule has 0 spiro atoms. The van der Waals surface area contributed by atoms with Crippen LogP contribution in [0.2, 0.25) is 0 Å². The average molecular weight is 180 g/mol. The number of halogens is 1. The lowest BCUT2D eigenvalue weighted by Crippen LogP contribution is -1.86. The largest absolute Gasteiger partial charge is 0.392 e. The maximum Gasteiger partial charge on any atom is 0.126 e. The van der Waals surface area contributed by atoms with Crippen LogP contribution in [0.1, 0.15) is 18.1 Å². The van der Waals surface area contributed by atoms with Gasteiger partial charge in [0, 0.05) is 0 Å². The zero-order valence-electron chi connectivity index (χ0n) is 7.84. The first-order valence-electron chi connectivity index (χ1n) is 4.17. The second-order valence-electron chi connectivity index (χ2n) is 3.16. The van der Waals surface area contributed by atoms with E-state index in [4.69, 9.17) is 5.11 Å². The molecule has 1 rings (SSSR count). The van der Waals surface area contributed by atoms with Gasteiger partial charge < -0.3 is 5.11 Å². The van der Waals surface area contributed by atoms with E-state index in [0.717, 1.165) is 11.1 Å².